The van der Waals surface area contributed by atoms with E-state index in [-0.39, 0.29) is 17.7 Å². The third kappa shape index (κ3) is 2.68. The molecule has 3 nitrogen and oxygen atoms in total. The average molecular weight is 167 g/mol. The van der Waals surface area contributed by atoms with Gasteiger partial charge in [0, 0.05) is 7.05 Å². The lowest BCUT2D eigenvalue weighted by Crippen LogP contribution is -2.40. The first kappa shape index (κ1) is 11.2. The summed E-state index contributed by atoms with van der Waals surface area (Å²) in [6.07, 6.45) is 0. The summed E-state index contributed by atoms with van der Waals surface area (Å²) in [6.45, 7) is 4.74. The van der Waals surface area contributed by atoms with Gasteiger partial charge in [-0.15, -0.1) is 0 Å². The van der Waals surface area contributed by atoms with Crippen LogP contribution in [0.4, 0.5) is 0 Å². The number of hydrogen-bond donors (Lipinski definition) is 0. The van der Waals surface area contributed by atoms with Crippen LogP contribution < -0.4 is 0 Å². The maximum absolute atomic E-state index is 11.2. The van der Waals surface area contributed by atoms with Crippen molar-refractivity contribution in [1.29, 1.82) is 0 Å². The molecule has 0 saturated carbocycles. The fraction of sp³-hybridized carbons (Fsp3) is 0.750. The Kier molecular flexibility index (Phi) is 4.00. The van der Waals surface area contributed by atoms with Crippen molar-refractivity contribution in [2.75, 3.05) is 7.05 Å². The van der Waals surface area contributed by atoms with Crippen LogP contribution in [0.1, 0.15) is 20.8 Å². The van der Waals surface area contributed by atoms with Crippen molar-refractivity contribution in [1.82, 2.24) is 4.90 Å². The average Bonchev–Trinajstić information content (AvgIpc) is 2.00. The van der Waals surface area contributed by atoms with Gasteiger partial charge >= 0.3 is 0 Å². The minimum absolute atomic E-state index is 0.0356. The van der Waals surface area contributed by atoms with E-state index in [4.69, 9.17) is 7.85 Å². The second-order valence-electron chi connectivity index (χ2n) is 3.02. The standard InChI is InChI=1S/C8H14BNO2/c1-5(9)8(12)10(4)6(2)7(3)11/h5-6H,1-4H3. The Labute approximate surface area is 74.5 Å². The number of carbonyl (C=O) groups excluding carboxylic acids is 2. The molecule has 66 valence electrons. The van der Waals surface area contributed by atoms with Crippen LogP contribution in [0.25, 0.3) is 0 Å². The summed E-state index contributed by atoms with van der Waals surface area (Å²) in [6, 6.07) is -0.386. The van der Waals surface area contributed by atoms with Gasteiger partial charge in [0.25, 0.3) is 0 Å². The molecule has 0 aliphatic heterocycles. The van der Waals surface area contributed by atoms with Gasteiger partial charge in [-0.3, -0.25) is 9.59 Å². The number of carbonyl (C=O) groups is 2. The van der Waals surface area contributed by atoms with Crippen LogP contribution in [0.2, 0.25) is 5.82 Å². The minimum atomic E-state index is -0.545. The van der Waals surface area contributed by atoms with Crippen molar-refractivity contribution in [3.8, 4) is 0 Å². The third-order valence-corrected chi connectivity index (χ3v) is 1.91. The summed E-state index contributed by atoms with van der Waals surface area (Å²) < 4.78 is 0. The van der Waals surface area contributed by atoms with E-state index in [1.54, 1.807) is 20.9 Å². The molecule has 2 atom stereocenters. The summed E-state index contributed by atoms with van der Waals surface area (Å²) in [5.41, 5.74) is 0. The summed E-state index contributed by atoms with van der Waals surface area (Å²) in [5, 5.41) is 0. The first-order valence-electron chi connectivity index (χ1n) is 3.90. The van der Waals surface area contributed by atoms with Crippen LogP contribution in [-0.4, -0.2) is 37.5 Å². The number of rotatable bonds is 3. The molecule has 1 amide bonds. The molecule has 0 rings (SSSR count). The normalized spacial score (nSPS) is 15.0. The molecule has 0 heterocycles. The molecule has 0 N–H and O–H groups in total. The van der Waals surface area contributed by atoms with Crippen LogP contribution in [0.3, 0.4) is 0 Å². The van der Waals surface area contributed by atoms with E-state index >= 15 is 0 Å². The van der Waals surface area contributed by atoms with Gasteiger partial charge in [-0.1, -0.05) is 6.92 Å². The smallest absolute Gasteiger partial charge is 0.216 e. The number of likely N-dealkylation sites (N-methyl/N-ethyl adjacent to an activating group) is 1. The molecule has 4 heteroatoms. The monoisotopic (exact) mass is 167 g/mol. The zero-order valence-electron chi connectivity index (χ0n) is 8.00. The summed E-state index contributed by atoms with van der Waals surface area (Å²) in [5.74, 6) is -0.791. The lowest BCUT2D eigenvalue weighted by molar-refractivity contribution is -0.136. The molecular weight excluding hydrogens is 153 g/mol. The minimum Gasteiger partial charge on any atom is -0.336 e. The van der Waals surface area contributed by atoms with E-state index in [2.05, 4.69) is 0 Å². The molecule has 0 fully saturated rings. The summed E-state index contributed by atoms with van der Waals surface area (Å²) in [7, 11) is 6.95. The van der Waals surface area contributed by atoms with Gasteiger partial charge in [0.05, 0.1) is 13.9 Å². The molecule has 0 saturated heterocycles. The Morgan fingerprint density at radius 1 is 1.33 bits per heavy atom. The van der Waals surface area contributed by atoms with Crippen LogP contribution >= 0.6 is 0 Å². The molecule has 2 radical (unpaired) electrons. The Hall–Kier alpha value is -0.795. The number of ketones is 1. The van der Waals surface area contributed by atoms with Gasteiger partial charge < -0.3 is 4.90 Å². The zero-order valence-corrected chi connectivity index (χ0v) is 8.00. The first-order chi connectivity index (χ1) is 5.37. The molecule has 0 aromatic heterocycles. The lowest BCUT2D eigenvalue weighted by Gasteiger charge is -2.24. The Bertz CT molecular complexity index is 191. The van der Waals surface area contributed by atoms with Crippen LogP contribution in [0, 0.1) is 0 Å². The Morgan fingerprint density at radius 2 is 1.75 bits per heavy atom. The summed E-state index contributed by atoms with van der Waals surface area (Å²) >= 11 is 0. The SMILES string of the molecule is [B]C(C)C(=O)N(C)C(C)C(C)=O. The topological polar surface area (TPSA) is 37.4 Å². The second-order valence-corrected chi connectivity index (χ2v) is 3.02. The molecule has 2 unspecified atom stereocenters. The van der Waals surface area contributed by atoms with Crippen molar-refractivity contribution >= 4 is 19.5 Å². The summed E-state index contributed by atoms with van der Waals surface area (Å²) in [4.78, 5) is 23.5. The first-order valence-corrected chi connectivity index (χ1v) is 3.90. The van der Waals surface area contributed by atoms with E-state index < -0.39 is 5.82 Å². The van der Waals surface area contributed by atoms with Gasteiger partial charge in [-0.25, -0.2) is 0 Å². The molecule has 0 aromatic rings. The Morgan fingerprint density at radius 3 is 2.00 bits per heavy atom. The highest BCUT2D eigenvalue weighted by atomic mass is 16.2. The molecular formula is C8H14BNO2. The van der Waals surface area contributed by atoms with E-state index in [1.807, 2.05) is 0 Å². The quantitative estimate of drug-likeness (QED) is 0.570. The van der Waals surface area contributed by atoms with Gasteiger partial charge in [0.15, 0.2) is 5.78 Å². The largest absolute Gasteiger partial charge is 0.336 e. The second kappa shape index (κ2) is 4.29. The maximum Gasteiger partial charge on any atom is 0.216 e. The number of hydrogen-bond acceptors (Lipinski definition) is 2. The highest BCUT2D eigenvalue weighted by Crippen LogP contribution is 2.06. The molecule has 12 heavy (non-hydrogen) atoms. The molecule has 0 bridgehead atoms. The molecule has 0 aromatic carbocycles. The molecule has 0 spiro atoms. The maximum atomic E-state index is 11.2. The number of amides is 1. The van der Waals surface area contributed by atoms with E-state index in [9.17, 15) is 9.59 Å². The number of Topliss-reactive ketones (excluding diaryl/α,β-unsaturated/α-hetero) is 1. The highest BCUT2D eigenvalue weighted by Gasteiger charge is 2.20. The van der Waals surface area contributed by atoms with Crippen molar-refractivity contribution in [3.63, 3.8) is 0 Å². The van der Waals surface area contributed by atoms with Crippen molar-refractivity contribution < 1.29 is 9.59 Å². The predicted molar refractivity (Wildman–Crippen MR) is 48.1 cm³/mol. The fourth-order valence-corrected chi connectivity index (χ4v) is 0.785. The lowest BCUT2D eigenvalue weighted by atomic mass is 9.88. The molecule has 0 aliphatic carbocycles. The van der Waals surface area contributed by atoms with Crippen LogP contribution in [0.5, 0.6) is 0 Å². The van der Waals surface area contributed by atoms with Crippen LogP contribution in [0.15, 0.2) is 0 Å². The van der Waals surface area contributed by atoms with Crippen molar-refractivity contribution in [2.45, 2.75) is 32.6 Å². The predicted octanol–water partition coefficient (Wildman–Crippen LogP) is 0.399. The van der Waals surface area contributed by atoms with Gasteiger partial charge in [0.1, 0.15) is 0 Å². The Balaban J connectivity index is 4.29. The third-order valence-electron chi connectivity index (χ3n) is 1.91. The highest BCUT2D eigenvalue weighted by molar-refractivity contribution is 6.23. The van der Waals surface area contributed by atoms with Gasteiger partial charge in [-0.05, 0) is 19.7 Å². The number of nitrogens with zero attached hydrogens (tertiary/aromatic N) is 1. The van der Waals surface area contributed by atoms with Gasteiger partial charge in [-0.2, -0.15) is 0 Å². The zero-order chi connectivity index (χ0) is 9.89. The molecule has 0 aliphatic rings. The fourth-order valence-electron chi connectivity index (χ4n) is 0.785. The van der Waals surface area contributed by atoms with Gasteiger partial charge in [0.2, 0.25) is 5.91 Å². The van der Waals surface area contributed by atoms with Crippen LogP contribution in [-0.2, 0) is 9.59 Å². The van der Waals surface area contributed by atoms with Crippen molar-refractivity contribution in [2.24, 2.45) is 0 Å². The van der Waals surface area contributed by atoms with E-state index in [0.29, 0.717) is 0 Å². The van der Waals surface area contributed by atoms with E-state index in [1.165, 1.54) is 11.8 Å². The van der Waals surface area contributed by atoms with E-state index in [0.717, 1.165) is 0 Å². The van der Waals surface area contributed by atoms with Crippen molar-refractivity contribution in [3.05, 3.63) is 0 Å².